The van der Waals surface area contributed by atoms with Gasteiger partial charge in [0.05, 0.1) is 0 Å². The lowest BCUT2D eigenvalue weighted by Crippen LogP contribution is -2.24. The standard InChI is InChI=1S/C15H14BrNO/c16-12-7-3-1-5-10(12)15-9-13(17)11-6-2-4-8-14(11)18-15/h1-8,13,15H,9,17H2/t13-,15?/m0/s1. The molecule has 0 radical (unpaired) electrons. The molecule has 1 aliphatic rings. The molecule has 3 rings (SSSR count). The van der Waals surface area contributed by atoms with Gasteiger partial charge in [0.1, 0.15) is 11.9 Å². The summed E-state index contributed by atoms with van der Waals surface area (Å²) in [5.41, 5.74) is 8.48. The van der Waals surface area contributed by atoms with E-state index < -0.39 is 0 Å². The number of para-hydroxylation sites is 1. The molecule has 0 amide bonds. The lowest BCUT2D eigenvalue weighted by atomic mass is 9.94. The van der Waals surface area contributed by atoms with E-state index in [0.29, 0.717) is 0 Å². The van der Waals surface area contributed by atoms with Gasteiger partial charge in [-0.05, 0) is 12.1 Å². The zero-order valence-corrected chi connectivity index (χ0v) is 11.4. The fraction of sp³-hybridized carbons (Fsp3) is 0.200. The van der Waals surface area contributed by atoms with Gasteiger partial charge in [0, 0.05) is 28.1 Å². The first-order chi connectivity index (χ1) is 8.75. The Morgan fingerprint density at radius 3 is 2.44 bits per heavy atom. The molecule has 0 saturated carbocycles. The van der Waals surface area contributed by atoms with Crippen LogP contribution in [-0.4, -0.2) is 0 Å². The van der Waals surface area contributed by atoms with Gasteiger partial charge in [-0.3, -0.25) is 0 Å². The van der Waals surface area contributed by atoms with Crippen LogP contribution in [0.15, 0.2) is 53.0 Å². The van der Waals surface area contributed by atoms with Crippen molar-refractivity contribution in [1.29, 1.82) is 0 Å². The number of benzene rings is 2. The van der Waals surface area contributed by atoms with Crippen molar-refractivity contribution in [2.45, 2.75) is 18.6 Å². The Hall–Kier alpha value is -1.32. The molecule has 1 aliphatic heterocycles. The smallest absolute Gasteiger partial charge is 0.127 e. The summed E-state index contributed by atoms with van der Waals surface area (Å²) in [4.78, 5) is 0. The third-order valence-electron chi connectivity index (χ3n) is 3.31. The molecule has 1 unspecified atom stereocenters. The van der Waals surface area contributed by atoms with E-state index in [1.165, 1.54) is 0 Å². The summed E-state index contributed by atoms with van der Waals surface area (Å²) >= 11 is 3.57. The van der Waals surface area contributed by atoms with E-state index in [9.17, 15) is 0 Å². The SMILES string of the molecule is N[C@H]1CC(c2ccccc2Br)Oc2ccccc21. The minimum Gasteiger partial charge on any atom is -0.485 e. The van der Waals surface area contributed by atoms with E-state index in [1.807, 2.05) is 42.5 Å². The maximum atomic E-state index is 6.23. The average Bonchev–Trinajstić information content (AvgIpc) is 2.39. The van der Waals surface area contributed by atoms with Crippen molar-refractivity contribution in [2.75, 3.05) is 0 Å². The number of halogens is 1. The van der Waals surface area contributed by atoms with Crippen LogP contribution in [0.2, 0.25) is 0 Å². The second-order valence-electron chi connectivity index (χ2n) is 4.51. The third kappa shape index (κ3) is 2.04. The summed E-state index contributed by atoms with van der Waals surface area (Å²) in [6, 6.07) is 16.2. The monoisotopic (exact) mass is 303 g/mol. The van der Waals surface area contributed by atoms with E-state index in [4.69, 9.17) is 10.5 Å². The average molecular weight is 304 g/mol. The van der Waals surface area contributed by atoms with Gasteiger partial charge in [0.15, 0.2) is 0 Å². The molecule has 92 valence electrons. The predicted molar refractivity (Wildman–Crippen MR) is 75.5 cm³/mol. The first kappa shape index (κ1) is 11.8. The number of hydrogen-bond acceptors (Lipinski definition) is 2. The Labute approximate surface area is 115 Å². The molecule has 1 heterocycles. The third-order valence-corrected chi connectivity index (χ3v) is 4.03. The van der Waals surface area contributed by atoms with Crippen molar-refractivity contribution in [2.24, 2.45) is 5.73 Å². The number of hydrogen-bond donors (Lipinski definition) is 1. The summed E-state index contributed by atoms with van der Waals surface area (Å²) in [6.07, 6.45) is 0.824. The second-order valence-corrected chi connectivity index (χ2v) is 5.36. The van der Waals surface area contributed by atoms with E-state index >= 15 is 0 Å². The zero-order valence-electron chi connectivity index (χ0n) is 9.84. The zero-order chi connectivity index (χ0) is 12.5. The van der Waals surface area contributed by atoms with Crippen LogP contribution in [0.5, 0.6) is 5.75 Å². The Kier molecular flexibility index (Phi) is 3.10. The molecule has 2 aromatic rings. The van der Waals surface area contributed by atoms with Gasteiger partial charge in [0.2, 0.25) is 0 Å². The van der Waals surface area contributed by atoms with Crippen LogP contribution < -0.4 is 10.5 Å². The maximum Gasteiger partial charge on any atom is 0.127 e. The van der Waals surface area contributed by atoms with Crippen LogP contribution in [0.25, 0.3) is 0 Å². The number of nitrogens with two attached hydrogens (primary N) is 1. The molecular formula is C15H14BrNO. The highest BCUT2D eigenvalue weighted by atomic mass is 79.9. The van der Waals surface area contributed by atoms with E-state index in [1.54, 1.807) is 0 Å². The molecule has 2 atom stereocenters. The fourth-order valence-corrected chi connectivity index (χ4v) is 2.92. The highest BCUT2D eigenvalue weighted by Crippen LogP contribution is 2.41. The molecule has 0 fully saturated rings. The van der Waals surface area contributed by atoms with Crippen LogP contribution >= 0.6 is 15.9 Å². The summed E-state index contributed by atoms with van der Waals surface area (Å²) < 4.78 is 7.13. The van der Waals surface area contributed by atoms with Gasteiger partial charge in [-0.25, -0.2) is 0 Å². The molecule has 2 nitrogen and oxygen atoms in total. The minimum atomic E-state index is 0.0190. The van der Waals surface area contributed by atoms with Crippen LogP contribution in [0, 0.1) is 0 Å². The van der Waals surface area contributed by atoms with Crippen molar-refractivity contribution in [1.82, 2.24) is 0 Å². The van der Waals surface area contributed by atoms with Gasteiger partial charge in [-0.2, -0.15) is 0 Å². The highest BCUT2D eigenvalue weighted by Gasteiger charge is 2.27. The molecule has 0 saturated heterocycles. The molecule has 0 aliphatic carbocycles. The van der Waals surface area contributed by atoms with E-state index in [0.717, 1.165) is 27.8 Å². The Morgan fingerprint density at radius 2 is 1.67 bits per heavy atom. The van der Waals surface area contributed by atoms with Gasteiger partial charge >= 0.3 is 0 Å². The van der Waals surface area contributed by atoms with Crippen molar-refractivity contribution in [3.63, 3.8) is 0 Å². The van der Waals surface area contributed by atoms with Crippen molar-refractivity contribution in [3.05, 3.63) is 64.1 Å². The molecule has 2 aromatic carbocycles. The van der Waals surface area contributed by atoms with Crippen molar-refractivity contribution in [3.8, 4) is 5.75 Å². The topological polar surface area (TPSA) is 35.2 Å². The van der Waals surface area contributed by atoms with Gasteiger partial charge in [0.25, 0.3) is 0 Å². The maximum absolute atomic E-state index is 6.23. The Morgan fingerprint density at radius 1 is 1.00 bits per heavy atom. The lowest BCUT2D eigenvalue weighted by molar-refractivity contribution is 0.161. The highest BCUT2D eigenvalue weighted by molar-refractivity contribution is 9.10. The van der Waals surface area contributed by atoms with Crippen LogP contribution in [0.3, 0.4) is 0 Å². The van der Waals surface area contributed by atoms with Crippen LogP contribution in [-0.2, 0) is 0 Å². The summed E-state index contributed by atoms with van der Waals surface area (Å²) in [7, 11) is 0. The number of fused-ring (bicyclic) bond motifs is 1. The number of ether oxygens (including phenoxy) is 1. The first-order valence-corrected chi connectivity index (χ1v) is 6.80. The van der Waals surface area contributed by atoms with Crippen molar-refractivity contribution < 1.29 is 4.74 Å². The van der Waals surface area contributed by atoms with E-state index in [-0.39, 0.29) is 12.1 Å². The van der Waals surface area contributed by atoms with Gasteiger partial charge in [-0.15, -0.1) is 0 Å². The molecule has 2 N–H and O–H groups in total. The van der Waals surface area contributed by atoms with Gasteiger partial charge in [-0.1, -0.05) is 52.3 Å². The van der Waals surface area contributed by atoms with Crippen LogP contribution in [0.4, 0.5) is 0 Å². The Balaban J connectivity index is 1.97. The summed E-state index contributed by atoms with van der Waals surface area (Å²) in [6.45, 7) is 0. The normalized spacial score (nSPS) is 22.1. The fourth-order valence-electron chi connectivity index (χ4n) is 2.38. The molecule has 0 aromatic heterocycles. The summed E-state index contributed by atoms with van der Waals surface area (Å²) in [5.74, 6) is 0.900. The first-order valence-electron chi connectivity index (χ1n) is 6.01. The largest absolute Gasteiger partial charge is 0.485 e. The van der Waals surface area contributed by atoms with Crippen LogP contribution in [0.1, 0.15) is 29.7 Å². The van der Waals surface area contributed by atoms with E-state index in [2.05, 4.69) is 22.0 Å². The predicted octanol–water partition coefficient (Wildman–Crippen LogP) is 3.97. The second kappa shape index (κ2) is 4.75. The molecule has 0 bridgehead atoms. The minimum absolute atomic E-state index is 0.0190. The number of rotatable bonds is 1. The Bertz CT molecular complexity index is 570. The molecule has 3 heteroatoms. The quantitative estimate of drug-likeness (QED) is 0.865. The summed E-state index contributed by atoms with van der Waals surface area (Å²) in [5, 5.41) is 0. The lowest BCUT2D eigenvalue weighted by Gasteiger charge is -2.31. The van der Waals surface area contributed by atoms with Crippen molar-refractivity contribution >= 4 is 15.9 Å². The molecule has 0 spiro atoms. The molecular weight excluding hydrogens is 290 g/mol. The molecule has 18 heavy (non-hydrogen) atoms. The van der Waals surface area contributed by atoms with Gasteiger partial charge < -0.3 is 10.5 Å².